The molecule has 0 bridgehead atoms. The zero-order valence-electron chi connectivity index (χ0n) is 18.3. The van der Waals surface area contributed by atoms with Gasteiger partial charge in [-0.25, -0.2) is 9.98 Å². The number of amides is 2. The van der Waals surface area contributed by atoms with Crippen LogP contribution < -0.4 is 15.4 Å². The van der Waals surface area contributed by atoms with E-state index < -0.39 is 18.0 Å². The number of pyridine rings is 1. The Hall–Kier alpha value is -3.17. The highest BCUT2D eigenvalue weighted by Gasteiger charge is 2.30. The Morgan fingerprint density at radius 3 is 2.57 bits per heavy atom. The lowest BCUT2D eigenvalue weighted by molar-refractivity contribution is -0.117. The number of benzodiazepines with no additional fused rings is 1. The van der Waals surface area contributed by atoms with E-state index in [0.29, 0.717) is 34.2 Å². The van der Waals surface area contributed by atoms with E-state index in [0.717, 1.165) is 0 Å². The number of carbonyl (C=O) groups excluding carboxylic acids is 2. The molecule has 2 heterocycles. The first-order valence-corrected chi connectivity index (χ1v) is 11.5. The molecule has 11 heteroatoms. The molecule has 8 nitrogen and oxygen atoms in total. The summed E-state index contributed by atoms with van der Waals surface area (Å²) in [4.78, 5) is 34.9. The summed E-state index contributed by atoms with van der Waals surface area (Å²) in [5.74, 6) is -1.05. The highest BCUT2D eigenvalue weighted by atomic mass is 35.5. The minimum absolute atomic E-state index is 0.104. The molecule has 0 saturated heterocycles. The van der Waals surface area contributed by atoms with Gasteiger partial charge in [0.15, 0.2) is 0 Å². The van der Waals surface area contributed by atoms with Crippen LogP contribution in [0.15, 0.2) is 59.7 Å². The average Bonchev–Trinajstić information content (AvgIpc) is 2.95. The Morgan fingerprint density at radius 1 is 1.09 bits per heavy atom. The lowest BCUT2D eigenvalue weighted by Gasteiger charge is -2.15. The minimum Gasteiger partial charge on any atom is -0.475 e. The van der Waals surface area contributed by atoms with E-state index in [1.54, 1.807) is 30.3 Å². The van der Waals surface area contributed by atoms with Gasteiger partial charge in [0.25, 0.3) is 11.8 Å². The number of aromatic nitrogens is 1. The third-order valence-electron chi connectivity index (χ3n) is 5.00. The Labute approximate surface area is 216 Å². The molecule has 1 aromatic heterocycles. The van der Waals surface area contributed by atoms with Crippen molar-refractivity contribution in [2.75, 3.05) is 25.6 Å². The molecule has 1 unspecified atom stereocenters. The number of aliphatic imine (C=N–C) groups is 1. The first-order chi connectivity index (χ1) is 16.9. The molecule has 4 rings (SSSR count). The zero-order valence-corrected chi connectivity index (χ0v) is 20.6. The van der Waals surface area contributed by atoms with Crippen LogP contribution in [-0.2, 0) is 9.53 Å². The van der Waals surface area contributed by atoms with Gasteiger partial charge in [0, 0.05) is 29.5 Å². The van der Waals surface area contributed by atoms with E-state index in [4.69, 9.17) is 44.3 Å². The maximum atomic E-state index is 13.1. The van der Waals surface area contributed by atoms with Gasteiger partial charge >= 0.3 is 0 Å². The number of hydrogen-bond acceptors (Lipinski definition) is 6. The summed E-state index contributed by atoms with van der Waals surface area (Å²) in [7, 11) is 1.53. The molecule has 2 amide bonds. The van der Waals surface area contributed by atoms with Gasteiger partial charge in [-0.15, -0.1) is 0 Å². The molecule has 1 atom stereocenters. The first kappa shape index (κ1) is 24.9. The van der Waals surface area contributed by atoms with E-state index in [2.05, 4.69) is 20.6 Å². The maximum absolute atomic E-state index is 13.1. The van der Waals surface area contributed by atoms with Crippen molar-refractivity contribution in [1.29, 1.82) is 0 Å². The largest absolute Gasteiger partial charge is 0.475 e. The molecule has 0 aliphatic carbocycles. The number of nitrogens with zero attached hydrogens (tertiary/aromatic N) is 2. The second-order valence-electron chi connectivity index (χ2n) is 7.33. The van der Waals surface area contributed by atoms with E-state index in [-0.39, 0.29) is 28.1 Å². The van der Waals surface area contributed by atoms with Gasteiger partial charge in [-0.1, -0.05) is 53.0 Å². The number of benzene rings is 2. The van der Waals surface area contributed by atoms with Gasteiger partial charge in [-0.3, -0.25) is 9.59 Å². The summed E-state index contributed by atoms with van der Waals surface area (Å²) >= 11 is 19.0. The Kier molecular flexibility index (Phi) is 7.87. The molecule has 180 valence electrons. The first-order valence-electron chi connectivity index (χ1n) is 10.4. The monoisotopic (exact) mass is 532 g/mol. The molecule has 0 radical (unpaired) electrons. The smallest absolute Gasteiger partial charge is 0.269 e. The molecule has 1 aliphatic rings. The number of ether oxygens (including phenoxy) is 2. The molecule has 0 fully saturated rings. The van der Waals surface area contributed by atoms with Gasteiger partial charge in [-0.2, -0.15) is 0 Å². The summed E-state index contributed by atoms with van der Waals surface area (Å²) in [5, 5.41) is 6.27. The quantitative estimate of drug-likeness (QED) is 0.432. The number of methoxy groups -OCH3 is 1. The average molecular weight is 534 g/mol. The predicted octanol–water partition coefficient (Wildman–Crippen LogP) is 4.61. The van der Waals surface area contributed by atoms with Gasteiger partial charge in [0.1, 0.15) is 12.2 Å². The lowest BCUT2D eigenvalue weighted by Crippen LogP contribution is -2.42. The van der Waals surface area contributed by atoms with Crippen molar-refractivity contribution in [3.8, 4) is 5.88 Å². The van der Waals surface area contributed by atoms with Crippen molar-refractivity contribution in [1.82, 2.24) is 10.3 Å². The number of nitrogens with one attached hydrogen (secondary N) is 2. The van der Waals surface area contributed by atoms with E-state index in [1.807, 2.05) is 0 Å². The van der Waals surface area contributed by atoms with Crippen molar-refractivity contribution in [3.05, 3.63) is 86.5 Å². The summed E-state index contributed by atoms with van der Waals surface area (Å²) in [6.45, 7) is 0.514. The van der Waals surface area contributed by atoms with Crippen molar-refractivity contribution in [3.63, 3.8) is 0 Å². The van der Waals surface area contributed by atoms with Crippen LogP contribution in [0.1, 0.15) is 21.5 Å². The standard InChI is InChI=1S/C24H19Cl3N4O4/c1-34-9-10-35-24-15(6-4-8-28-24)22(32)31-21-23(33)29-18-7-3-2-5-14(18)20(30-21)19-16(26)11-13(25)12-17(19)27/h2-8,11-12,21H,9-10H2,1H3,(H,29,33)(H,31,32). The second kappa shape index (κ2) is 11.0. The van der Waals surface area contributed by atoms with Crippen LogP contribution in [0, 0.1) is 0 Å². The van der Waals surface area contributed by atoms with Crippen LogP contribution >= 0.6 is 34.8 Å². The molecule has 35 heavy (non-hydrogen) atoms. The predicted molar refractivity (Wildman–Crippen MR) is 135 cm³/mol. The van der Waals surface area contributed by atoms with E-state index >= 15 is 0 Å². The number of anilines is 1. The van der Waals surface area contributed by atoms with Crippen molar-refractivity contribution >= 4 is 58.0 Å². The number of carbonyl (C=O) groups is 2. The van der Waals surface area contributed by atoms with Crippen molar-refractivity contribution < 1.29 is 19.1 Å². The Morgan fingerprint density at radius 2 is 1.83 bits per heavy atom. The van der Waals surface area contributed by atoms with E-state index in [1.165, 1.54) is 31.5 Å². The van der Waals surface area contributed by atoms with Crippen LogP contribution in [-0.4, -0.2) is 49.0 Å². The van der Waals surface area contributed by atoms with Gasteiger partial charge in [-0.05, 0) is 30.3 Å². The molecular formula is C24H19Cl3N4O4. The fourth-order valence-electron chi connectivity index (χ4n) is 3.42. The topological polar surface area (TPSA) is 102 Å². The number of para-hydroxylation sites is 1. The zero-order chi connectivity index (χ0) is 24.9. The SMILES string of the molecule is COCCOc1ncccc1C(=O)NC1N=C(c2c(Cl)cc(Cl)cc2Cl)c2ccccc2NC1=O. The second-order valence-corrected chi connectivity index (χ2v) is 8.58. The van der Waals surface area contributed by atoms with Gasteiger partial charge < -0.3 is 20.1 Å². The van der Waals surface area contributed by atoms with Gasteiger partial charge in [0.05, 0.1) is 28.1 Å². The molecule has 0 saturated carbocycles. The van der Waals surface area contributed by atoms with Crippen LogP contribution in [0.5, 0.6) is 5.88 Å². The summed E-state index contributed by atoms with van der Waals surface area (Å²) < 4.78 is 10.5. The Bertz CT molecular complexity index is 1290. The minimum atomic E-state index is -1.31. The third kappa shape index (κ3) is 5.57. The molecule has 2 aromatic carbocycles. The van der Waals surface area contributed by atoms with Crippen molar-refractivity contribution in [2.45, 2.75) is 6.17 Å². The van der Waals surface area contributed by atoms with Crippen LogP contribution in [0.3, 0.4) is 0 Å². The molecule has 2 N–H and O–H groups in total. The van der Waals surface area contributed by atoms with Gasteiger partial charge in [0.2, 0.25) is 12.0 Å². The summed E-state index contributed by atoms with van der Waals surface area (Å²) in [6.07, 6.45) is 0.189. The molecule has 0 spiro atoms. The number of hydrogen-bond donors (Lipinski definition) is 2. The van der Waals surface area contributed by atoms with Crippen LogP contribution in [0.2, 0.25) is 15.1 Å². The highest BCUT2D eigenvalue weighted by Crippen LogP contribution is 2.34. The molecular weight excluding hydrogens is 515 g/mol. The third-order valence-corrected chi connectivity index (χ3v) is 5.81. The summed E-state index contributed by atoms with van der Waals surface area (Å²) in [6, 6.07) is 13.2. The number of fused-ring (bicyclic) bond motifs is 1. The Balaban J connectivity index is 1.73. The summed E-state index contributed by atoms with van der Waals surface area (Å²) in [5.41, 5.74) is 1.90. The molecule has 1 aliphatic heterocycles. The fourth-order valence-corrected chi connectivity index (χ4v) is 4.42. The highest BCUT2D eigenvalue weighted by molar-refractivity contribution is 6.44. The van der Waals surface area contributed by atoms with Crippen molar-refractivity contribution in [2.24, 2.45) is 4.99 Å². The number of rotatable bonds is 7. The van der Waals surface area contributed by atoms with E-state index in [9.17, 15) is 9.59 Å². The van der Waals surface area contributed by atoms with Crippen LogP contribution in [0.4, 0.5) is 5.69 Å². The molecule has 3 aromatic rings. The lowest BCUT2D eigenvalue weighted by atomic mass is 10.0. The normalized spacial score (nSPS) is 14.9. The van der Waals surface area contributed by atoms with Crippen LogP contribution in [0.25, 0.3) is 0 Å². The number of halogens is 3. The fraction of sp³-hybridized carbons (Fsp3) is 0.167. The maximum Gasteiger partial charge on any atom is 0.269 e.